The smallest absolute Gasteiger partial charge is 0.0810 e. The van der Waals surface area contributed by atoms with E-state index in [0.717, 1.165) is 32.4 Å². The first-order valence-electron chi connectivity index (χ1n) is 8.78. The van der Waals surface area contributed by atoms with E-state index in [1.54, 1.807) is 0 Å². The van der Waals surface area contributed by atoms with Crippen LogP contribution in [0.1, 0.15) is 73.6 Å². The van der Waals surface area contributed by atoms with Crippen LogP contribution in [0.3, 0.4) is 0 Å². The van der Waals surface area contributed by atoms with Gasteiger partial charge in [0.25, 0.3) is 0 Å². The Balaban J connectivity index is 2.23. The maximum atomic E-state index is 6.35. The van der Waals surface area contributed by atoms with E-state index in [2.05, 4.69) is 46.9 Å². The van der Waals surface area contributed by atoms with E-state index in [0.29, 0.717) is 12.0 Å². The molecule has 0 aromatic rings. The molecule has 2 aliphatic rings. The van der Waals surface area contributed by atoms with Crippen molar-refractivity contribution in [1.29, 1.82) is 0 Å². The Labute approximate surface area is 131 Å². The van der Waals surface area contributed by atoms with Crippen molar-refractivity contribution in [2.45, 2.75) is 96.5 Å². The Kier molecular flexibility index (Phi) is 5.07. The average molecular weight is 297 g/mol. The van der Waals surface area contributed by atoms with Crippen LogP contribution in [-0.2, 0) is 9.47 Å². The molecule has 2 aliphatic heterocycles. The van der Waals surface area contributed by atoms with E-state index < -0.39 is 0 Å². The third kappa shape index (κ3) is 3.80. The standard InChI is InChI=1S/C18H35NO2/c1-7-11-19-15(18(6)10-8-9-12-20-18)14-13-16(2,3)21-17(14,4)5/h14-15,19H,7-13H2,1-6H3. The lowest BCUT2D eigenvalue weighted by molar-refractivity contribution is -0.124. The monoisotopic (exact) mass is 297 g/mol. The summed E-state index contributed by atoms with van der Waals surface area (Å²) in [6, 6.07) is 0.370. The second-order valence-electron chi connectivity index (χ2n) is 8.33. The van der Waals surface area contributed by atoms with E-state index in [9.17, 15) is 0 Å². The molecule has 2 rings (SSSR count). The maximum Gasteiger partial charge on any atom is 0.0810 e. The topological polar surface area (TPSA) is 30.5 Å². The summed E-state index contributed by atoms with van der Waals surface area (Å²) in [6.07, 6.45) is 5.88. The highest BCUT2D eigenvalue weighted by Gasteiger charge is 2.53. The van der Waals surface area contributed by atoms with Gasteiger partial charge in [-0.15, -0.1) is 0 Å². The van der Waals surface area contributed by atoms with E-state index in [4.69, 9.17) is 9.47 Å². The SMILES string of the molecule is CCCNC(C1CC(C)(C)OC1(C)C)C1(C)CCCCO1. The van der Waals surface area contributed by atoms with Crippen molar-refractivity contribution in [2.24, 2.45) is 5.92 Å². The lowest BCUT2D eigenvalue weighted by Gasteiger charge is -2.46. The van der Waals surface area contributed by atoms with Gasteiger partial charge in [-0.2, -0.15) is 0 Å². The van der Waals surface area contributed by atoms with Gasteiger partial charge >= 0.3 is 0 Å². The lowest BCUT2D eigenvalue weighted by Crippen LogP contribution is -2.59. The predicted octanol–water partition coefficient (Wildman–Crippen LogP) is 3.91. The Morgan fingerprint density at radius 2 is 1.86 bits per heavy atom. The Morgan fingerprint density at radius 3 is 2.33 bits per heavy atom. The van der Waals surface area contributed by atoms with Gasteiger partial charge in [-0.1, -0.05) is 6.92 Å². The maximum absolute atomic E-state index is 6.35. The third-order valence-corrected chi connectivity index (χ3v) is 5.32. The zero-order valence-corrected chi connectivity index (χ0v) is 14.9. The van der Waals surface area contributed by atoms with Gasteiger partial charge in [-0.05, 0) is 73.3 Å². The number of rotatable bonds is 5. The second kappa shape index (κ2) is 6.17. The van der Waals surface area contributed by atoms with Crippen LogP contribution in [0.15, 0.2) is 0 Å². The molecule has 2 fully saturated rings. The zero-order chi connectivity index (χ0) is 15.7. The number of ether oxygens (including phenoxy) is 2. The molecule has 3 nitrogen and oxygen atoms in total. The first-order valence-corrected chi connectivity index (χ1v) is 8.78. The molecule has 0 radical (unpaired) electrons. The van der Waals surface area contributed by atoms with Gasteiger partial charge in [-0.3, -0.25) is 0 Å². The fourth-order valence-corrected chi connectivity index (χ4v) is 4.41. The van der Waals surface area contributed by atoms with Crippen molar-refractivity contribution in [2.75, 3.05) is 13.2 Å². The van der Waals surface area contributed by atoms with Gasteiger partial charge in [-0.25, -0.2) is 0 Å². The summed E-state index contributed by atoms with van der Waals surface area (Å²) in [7, 11) is 0. The molecule has 3 atom stereocenters. The average Bonchev–Trinajstić information content (AvgIpc) is 2.58. The minimum absolute atomic E-state index is 0.0364. The van der Waals surface area contributed by atoms with Crippen molar-refractivity contribution in [3.63, 3.8) is 0 Å². The van der Waals surface area contributed by atoms with Crippen molar-refractivity contribution in [3.8, 4) is 0 Å². The molecule has 0 amide bonds. The van der Waals surface area contributed by atoms with Gasteiger partial charge in [0.05, 0.1) is 16.8 Å². The molecule has 2 saturated heterocycles. The van der Waals surface area contributed by atoms with E-state index in [-0.39, 0.29) is 16.8 Å². The highest BCUT2D eigenvalue weighted by molar-refractivity contribution is 5.06. The van der Waals surface area contributed by atoms with Crippen LogP contribution in [0.25, 0.3) is 0 Å². The molecule has 124 valence electrons. The Bertz CT molecular complexity index is 345. The van der Waals surface area contributed by atoms with Crippen LogP contribution in [0.4, 0.5) is 0 Å². The predicted molar refractivity (Wildman–Crippen MR) is 87.6 cm³/mol. The summed E-state index contributed by atoms with van der Waals surface area (Å²) in [5, 5.41) is 3.81. The molecule has 3 heteroatoms. The summed E-state index contributed by atoms with van der Waals surface area (Å²) in [4.78, 5) is 0. The minimum atomic E-state index is -0.0985. The van der Waals surface area contributed by atoms with Gasteiger partial charge in [0.2, 0.25) is 0 Å². The molecular formula is C18H35NO2. The summed E-state index contributed by atoms with van der Waals surface area (Å²) in [6.45, 7) is 15.4. The molecule has 0 aliphatic carbocycles. The molecule has 21 heavy (non-hydrogen) atoms. The highest BCUT2D eigenvalue weighted by atomic mass is 16.5. The molecule has 3 unspecified atom stereocenters. The van der Waals surface area contributed by atoms with Crippen molar-refractivity contribution < 1.29 is 9.47 Å². The van der Waals surface area contributed by atoms with Crippen LogP contribution in [0.2, 0.25) is 0 Å². The highest BCUT2D eigenvalue weighted by Crippen LogP contribution is 2.47. The largest absolute Gasteiger partial charge is 0.374 e. The molecule has 0 saturated carbocycles. The van der Waals surface area contributed by atoms with Crippen LogP contribution < -0.4 is 5.32 Å². The van der Waals surface area contributed by atoms with Gasteiger partial charge in [0, 0.05) is 18.6 Å². The molecule has 0 aromatic carbocycles. The molecule has 0 aromatic heterocycles. The van der Waals surface area contributed by atoms with Crippen LogP contribution in [-0.4, -0.2) is 36.0 Å². The molecule has 1 N–H and O–H groups in total. The molecular weight excluding hydrogens is 262 g/mol. The summed E-state index contributed by atoms with van der Waals surface area (Å²) in [5.74, 6) is 0.488. The number of hydrogen-bond acceptors (Lipinski definition) is 3. The van der Waals surface area contributed by atoms with Crippen molar-refractivity contribution in [1.82, 2.24) is 5.32 Å². The second-order valence-corrected chi connectivity index (χ2v) is 8.33. The first-order chi connectivity index (χ1) is 9.70. The van der Waals surface area contributed by atoms with Crippen LogP contribution in [0.5, 0.6) is 0 Å². The van der Waals surface area contributed by atoms with Gasteiger partial charge in [0.1, 0.15) is 0 Å². The molecule has 0 spiro atoms. The van der Waals surface area contributed by atoms with Crippen molar-refractivity contribution >= 4 is 0 Å². The van der Waals surface area contributed by atoms with Crippen LogP contribution >= 0.6 is 0 Å². The van der Waals surface area contributed by atoms with Crippen LogP contribution in [0, 0.1) is 5.92 Å². The summed E-state index contributed by atoms with van der Waals surface area (Å²) < 4.78 is 12.6. The number of nitrogens with one attached hydrogen (secondary N) is 1. The van der Waals surface area contributed by atoms with E-state index in [1.807, 2.05) is 0 Å². The fourth-order valence-electron chi connectivity index (χ4n) is 4.41. The Hall–Kier alpha value is -0.120. The molecule has 0 bridgehead atoms. The zero-order valence-electron chi connectivity index (χ0n) is 14.9. The van der Waals surface area contributed by atoms with Gasteiger partial charge < -0.3 is 14.8 Å². The summed E-state index contributed by atoms with van der Waals surface area (Å²) in [5.41, 5.74) is -0.191. The van der Waals surface area contributed by atoms with E-state index in [1.165, 1.54) is 12.8 Å². The number of hydrogen-bond donors (Lipinski definition) is 1. The fraction of sp³-hybridized carbons (Fsp3) is 1.00. The Morgan fingerprint density at radius 1 is 1.14 bits per heavy atom. The quantitative estimate of drug-likeness (QED) is 0.834. The third-order valence-electron chi connectivity index (χ3n) is 5.32. The van der Waals surface area contributed by atoms with E-state index >= 15 is 0 Å². The van der Waals surface area contributed by atoms with Gasteiger partial charge in [0.15, 0.2) is 0 Å². The first kappa shape index (κ1) is 17.2. The lowest BCUT2D eigenvalue weighted by atomic mass is 9.73. The molecule has 2 heterocycles. The summed E-state index contributed by atoms with van der Waals surface area (Å²) >= 11 is 0. The normalized spacial score (nSPS) is 36.6. The van der Waals surface area contributed by atoms with Crippen molar-refractivity contribution in [3.05, 3.63) is 0 Å². The minimum Gasteiger partial charge on any atom is -0.374 e.